The van der Waals surface area contributed by atoms with Crippen LogP contribution in [0.2, 0.25) is 0 Å². The maximum Gasteiger partial charge on any atom is 0.0553 e. The largest absolute Gasteiger partial charge is 0.381 e. The molecule has 272 valence electrons. The van der Waals surface area contributed by atoms with Gasteiger partial charge in [-0.2, -0.15) is 0 Å². The lowest BCUT2D eigenvalue weighted by molar-refractivity contribution is 0.765. The first-order valence-electron chi connectivity index (χ1n) is 18.8. The van der Waals surface area contributed by atoms with Crippen molar-refractivity contribution in [3.05, 3.63) is 248 Å². The Morgan fingerprint density at radius 2 is 1.40 bits per heavy atom. The molecule has 2 heteroatoms. The van der Waals surface area contributed by atoms with Gasteiger partial charge in [-0.1, -0.05) is 173 Å². The van der Waals surface area contributed by atoms with E-state index >= 15 is 0 Å². The third-order valence-corrected chi connectivity index (χ3v) is 10.1. The minimum absolute atomic E-state index is 0.0372. The summed E-state index contributed by atoms with van der Waals surface area (Å²) in [6.45, 7) is 30.7. The monoisotopic (exact) mass is 714 g/mol. The first-order valence-corrected chi connectivity index (χ1v) is 18.8. The van der Waals surface area contributed by atoms with E-state index in [1.54, 1.807) is 0 Å². The summed E-state index contributed by atoms with van der Waals surface area (Å²) in [6, 6.07) is 32.3. The number of rotatable bonds is 15. The molecule has 2 atom stereocenters. The van der Waals surface area contributed by atoms with Gasteiger partial charge in [0.15, 0.2) is 0 Å². The van der Waals surface area contributed by atoms with Crippen LogP contribution in [0.4, 0.5) is 5.69 Å². The van der Waals surface area contributed by atoms with Gasteiger partial charge in [0, 0.05) is 23.6 Å². The third kappa shape index (κ3) is 9.67. The first-order chi connectivity index (χ1) is 26.7. The molecule has 2 nitrogen and oxygen atoms in total. The summed E-state index contributed by atoms with van der Waals surface area (Å²) in [7, 11) is 0. The summed E-state index contributed by atoms with van der Waals surface area (Å²) >= 11 is 0. The number of anilines is 1. The second-order valence-corrected chi connectivity index (χ2v) is 14.0. The van der Waals surface area contributed by atoms with Crippen LogP contribution in [0, 0.1) is 5.92 Å². The maximum absolute atomic E-state index is 4.55. The second-order valence-electron chi connectivity index (χ2n) is 14.0. The fraction of sp³-hybridized carbons (Fsp3) is 0.0943. The van der Waals surface area contributed by atoms with Gasteiger partial charge in [0.2, 0.25) is 0 Å². The molecule has 0 saturated heterocycles. The van der Waals surface area contributed by atoms with Gasteiger partial charge in [-0.25, -0.2) is 0 Å². The molecule has 0 radical (unpaired) electrons. The Hall–Kier alpha value is -6.64. The summed E-state index contributed by atoms with van der Waals surface area (Å²) < 4.78 is 0. The molecule has 1 aliphatic carbocycles. The molecule has 0 saturated carbocycles. The minimum Gasteiger partial charge on any atom is -0.381 e. The molecule has 0 amide bonds. The van der Waals surface area contributed by atoms with Gasteiger partial charge >= 0.3 is 0 Å². The average Bonchev–Trinajstić information content (AvgIpc) is 3.22. The summed E-state index contributed by atoms with van der Waals surface area (Å²) in [6.07, 6.45) is 26.9. The molecule has 2 aliphatic rings. The van der Waals surface area contributed by atoms with Crippen LogP contribution in [0.5, 0.6) is 0 Å². The van der Waals surface area contributed by atoms with Crippen LogP contribution in [-0.4, -0.2) is 12.6 Å². The Labute approximate surface area is 327 Å². The van der Waals surface area contributed by atoms with E-state index in [0.717, 1.165) is 69.9 Å². The van der Waals surface area contributed by atoms with Crippen LogP contribution in [0.15, 0.2) is 237 Å². The van der Waals surface area contributed by atoms with E-state index in [-0.39, 0.29) is 6.04 Å². The predicted octanol–water partition coefficient (Wildman–Crippen LogP) is 11.5. The van der Waals surface area contributed by atoms with E-state index in [2.05, 4.69) is 172 Å². The van der Waals surface area contributed by atoms with E-state index in [9.17, 15) is 0 Å². The number of nitrogens with one attached hydrogen (secondary N) is 1. The lowest BCUT2D eigenvalue weighted by atomic mass is 9.96. The zero-order valence-electron chi connectivity index (χ0n) is 31.8. The summed E-state index contributed by atoms with van der Waals surface area (Å²) in [5.74, 6) is 0.353. The summed E-state index contributed by atoms with van der Waals surface area (Å²) in [5.41, 5.74) is 9.18. The molecule has 0 fully saturated rings. The van der Waals surface area contributed by atoms with Crippen molar-refractivity contribution >= 4 is 28.6 Å². The van der Waals surface area contributed by atoms with E-state index in [1.165, 1.54) is 26.8 Å². The Bertz CT molecular complexity index is 2450. The highest BCUT2D eigenvalue weighted by molar-refractivity contribution is 5.87. The fourth-order valence-electron chi connectivity index (χ4n) is 6.78. The normalized spacial score (nSPS) is 16.3. The lowest BCUT2D eigenvalue weighted by Crippen LogP contribution is -2.32. The van der Waals surface area contributed by atoms with Crippen LogP contribution >= 0.6 is 0 Å². The zero-order valence-corrected chi connectivity index (χ0v) is 31.8. The topological polar surface area (TPSA) is 15.3 Å². The van der Waals surface area contributed by atoms with Crippen LogP contribution in [0.1, 0.15) is 12.8 Å². The highest BCUT2D eigenvalue weighted by atomic mass is 15.2. The van der Waals surface area contributed by atoms with Gasteiger partial charge in [0.25, 0.3) is 0 Å². The van der Waals surface area contributed by atoms with Crippen molar-refractivity contribution < 1.29 is 0 Å². The molecule has 6 rings (SSSR count). The molecule has 4 aromatic rings. The molecular formula is C53H50N2. The van der Waals surface area contributed by atoms with Gasteiger partial charge in [-0.05, 0) is 109 Å². The van der Waals surface area contributed by atoms with Crippen LogP contribution in [0.3, 0.4) is 0 Å². The van der Waals surface area contributed by atoms with Crippen LogP contribution in [-0.2, 0) is 0 Å². The molecule has 1 aliphatic heterocycles. The highest BCUT2D eigenvalue weighted by Crippen LogP contribution is 2.30. The summed E-state index contributed by atoms with van der Waals surface area (Å²) in [5, 5.41) is 8.38. The van der Waals surface area contributed by atoms with Gasteiger partial charge < -0.3 is 10.2 Å². The average molecular weight is 715 g/mol. The lowest BCUT2D eigenvalue weighted by Gasteiger charge is -2.32. The smallest absolute Gasteiger partial charge is 0.0553 e. The first kappa shape index (κ1) is 38.1. The number of fused-ring (bicyclic) bond motifs is 2. The quantitative estimate of drug-likeness (QED) is 0.0974. The number of hydrogen-bond acceptors (Lipinski definition) is 2. The maximum atomic E-state index is 4.55. The van der Waals surface area contributed by atoms with Crippen molar-refractivity contribution in [2.24, 2.45) is 5.92 Å². The van der Waals surface area contributed by atoms with Crippen molar-refractivity contribution in [2.75, 3.05) is 11.4 Å². The van der Waals surface area contributed by atoms with Crippen molar-refractivity contribution in [2.45, 2.75) is 18.9 Å². The van der Waals surface area contributed by atoms with E-state index < -0.39 is 0 Å². The molecule has 4 aromatic carbocycles. The Morgan fingerprint density at radius 3 is 2.13 bits per heavy atom. The molecule has 0 bridgehead atoms. The Kier molecular flexibility index (Phi) is 12.4. The Balaban J connectivity index is 1.19. The van der Waals surface area contributed by atoms with E-state index in [0.29, 0.717) is 5.92 Å². The number of hydrogen-bond donors (Lipinski definition) is 1. The standard InChI is InChI=1S/C53H50N2/c1-8-51(21-13-16-44-26-27-45-17-9-11-19-48(45)36-44)55(52-32-30-47(31-33-52)50-29-28-46-18-10-12-20-49(46)37-50)43(7)25-24-39(3)38(2)22-23-40(4)42(6)35-53-41(5)15-14-34-54-53/h8-20,22-25,27-33,35-37,44,51,54H,1-7,21,26,34H2/b16-13+,23-22-,25-24-,53-35+. The SMILES string of the molecule is C=CC(C/C=C/C1C=c2ccccc2=CC1)N(C(=C)/C=C\C(=C)C(=C)/C=C\C(=C)C(=C)/C=C1/NCC=CC1=C)c1ccc(-c2ccc3ccccc3c2)cc1. The Morgan fingerprint density at radius 1 is 0.745 bits per heavy atom. The van der Waals surface area contributed by atoms with Crippen molar-refractivity contribution in [1.82, 2.24) is 5.32 Å². The molecule has 0 spiro atoms. The molecule has 0 aromatic heterocycles. The second kappa shape index (κ2) is 17.9. The number of nitrogens with zero attached hydrogens (tertiary/aromatic N) is 1. The summed E-state index contributed by atoms with van der Waals surface area (Å²) in [4.78, 5) is 2.25. The highest BCUT2D eigenvalue weighted by Gasteiger charge is 2.18. The molecule has 2 unspecified atom stereocenters. The van der Waals surface area contributed by atoms with Crippen LogP contribution in [0.25, 0.3) is 34.1 Å². The van der Waals surface area contributed by atoms with Crippen molar-refractivity contribution in [1.29, 1.82) is 0 Å². The fourth-order valence-corrected chi connectivity index (χ4v) is 6.78. The van der Waals surface area contributed by atoms with Gasteiger partial charge in [0.05, 0.1) is 6.04 Å². The predicted molar refractivity (Wildman–Crippen MR) is 241 cm³/mol. The van der Waals surface area contributed by atoms with Gasteiger partial charge in [-0.3, -0.25) is 0 Å². The van der Waals surface area contributed by atoms with Crippen molar-refractivity contribution in [3.63, 3.8) is 0 Å². The van der Waals surface area contributed by atoms with Gasteiger partial charge in [-0.15, -0.1) is 6.58 Å². The van der Waals surface area contributed by atoms with E-state index in [1.807, 2.05) is 48.6 Å². The van der Waals surface area contributed by atoms with Crippen LogP contribution < -0.4 is 20.7 Å². The minimum atomic E-state index is -0.0372. The number of benzene rings is 4. The molecular weight excluding hydrogens is 665 g/mol. The molecule has 55 heavy (non-hydrogen) atoms. The van der Waals surface area contributed by atoms with E-state index in [4.69, 9.17) is 0 Å². The zero-order chi connectivity index (χ0) is 38.7. The molecule has 1 heterocycles. The van der Waals surface area contributed by atoms with Gasteiger partial charge in [0.1, 0.15) is 0 Å². The third-order valence-electron chi connectivity index (χ3n) is 10.1. The molecule has 1 N–H and O–H groups in total. The van der Waals surface area contributed by atoms with Crippen molar-refractivity contribution in [3.8, 4) is 11.1 Å². The number of allylic oxidation sites excluding steroid dienone is 11.